The van der Waals surface area contributed by atoms with Gasteiger partial charge in [-0.3, -0.25) is 4.79 Å². The zero-order valence-electron chi connectivity index (χ0n) is 15.7. The van der Waals surface area contributed by atoms with Crippen molar-refractivity contribution in [3.63, 3.8) is 0 Å². The number of benzene rings is 2. The van der Waals surface area contributed by atoms with Crippen LogP contribution in [-0.4, -0.2) is 40.8 Å². The predicted molar refractivity (Wildman–Crippen MR) is 104 cm³/mol. The number of carbonyl (C=O) groups excluding carboxylic acids is 1. The Bertz CT molecular complexity index is 967. The zero-order chi connectivity index (χ0) is 19.5. The lowest BCUT2D eigenvalue weighted by Crippen LogP contribution is -2.32. The fraction of sp³-hybridized carbons (Fsp3) is 0.273. The highest BCUT2D eigenvalue weighted by Crippen LogP contribution is 2.39. The molecule has 28 heavy (non-hydrogen) atoms. The molecule has 0 bridgehead atoms. The Balaban J connectivity index is 1.48. The number of carbonyl (C=O) groups is 1. The van der Waals surface area contributed by atoms with Gasteiger partial charge < -0.3 is 9.64 Å². The molecule has 0 unspecified atom stereocenters. The quantitative estimate of drug-likeness (QED) is 0.622. The van der Waals surface area contributed by atoms with Crippen LogP contribution in [0.3, 0.4) is 0 Å². The molecule has 0 N–H and O–H groups in total. The maximum atomic E-state index is 13.6. The minimum absolute atomic E-state index is 0.139. The van der Waals surface area contributed by atoms with E-state index >= 15 is 0 Å². The first-order chi connectivity index (χ1) is 13.6. The molecular weight excluding hydrogens is 357 g/mol. The molecule has 0 atom stereocenters. The fourth-order valence-corrected chi connectivity index (χ4v) is 3.05. The minimum Gasteiger partial charge on any atom is -0.489 e. The van der Waals surface area contributed by atoms with E-state index in [4.69, 9.17) is 4.74 Å². The van der Waals surface area contributed by atoms with Crippen molar-refractivity contribution in [2.45, 2.75) is 18.8 Å². The predicted octanol–water partition coefficient (Wildman–Crippen LogP) is 4.04. The average Bonchev–Trinajstić information content (AvgIpc) is 3.48. The van der Waals surface area contributed by atoms with E-state index in [1.807, 2.05) is 36.4 Å². The van der Waals surface area contributed by atoms with Gasteiger partial charge in [-0.25, -0.2) is 9.07 Å². The molecule has 0 radical (unpaired) electrons. The summed E-state index contributed by atoms with van der Waals surface area (Å²) in [6.45, 7) is 0.546. The van der Waals surface area contributed by atoms with Crippen molar-refractivity contribution in [1.29, 1.82) is 0 Å². The van der Waals surface area contributed by atoms with Gasteiger partial charge in [0.1, 0.15) is 12.3 Å². The van der Waals surface area contributed by atoms with Crippen molar-refractivity contribution in [2.75, 3.05) is 20.2 Å². The van der Waals surface area contributed by atoms with Gasteiger partial charge in [0.15, 0.2) is 11.6 Å². The molecule has 0 saturated heterocycles. The van der Waals surface area contributed by atoms with Crippen LogP contribution in [0.5, 0.6) is 5.75 Å². The second-order valence-electron chi connectivity index (χ2n) is 6.98. The Morgan fingerprint density at radius 1 is 1.18 bits per heavy atom. The maximum absolute atomic E-state index is 13.6. The van der Waals surface area contributed by atoms with E-state index in [9.17, 15) is 9.18 Å². The smallest absolute Gasteiger partial charge is 0.272 e. The Kier molecular flexibility index (Phi) is 5.10. The fourth-order valence-electron chi connectivity index (χ4n) is 3.05. The Hall–Kier alpha value is -3.15. The van der Waals surface area contributed by atoms with Crippen LogP contribution in [0.2, 0.25) is 0 Å². The van der Waals surface area contributed by atoms with Crippen molar-refractivity contribution in [1.82, 2.24) is 14.7 Å². The van der Waals surface area contributed by atoms with E-state index < -0.39 is 5.82 Å². The number of hydrogen-bond donors (Lipinski definition) is 0. The van der Waals surface area contributed by atoms with Crippen LogP contribution in [0.25, 0.3) is 5.69 Å². The summed E-state index contributed by atoms with van der Waals surface area (Å²) in [5.74, 6) is 0.0907. The third kappa shape index (κ3) is 3.91. The average molecular weight is 379 g/mol. The molecule has 6 heteroatoms. The molecule has 0 aliphatic heterocycles. The maximum Gasteiger partial charge on any atom is 0.272 e. The molecule has 2 aromatic carbocycles. The van der Waals surface area contributed by atoms with E-state index in [0.717, 1.165) is 24.2 Å². The number of hydrogen-bond acceptors (Lipinski definition) is 3. The number of likely N-dealkylation sites (N-methyl/N-ethyl adjacent to an activating group) is 1. The second kappa shape index (κ2) is 7.84. The van der Waals surface area contributed by atoms with Gasteiger partial charge in [-0.05, 0) is 43.2 Å². The third-order valence-electron chi connectivity index (χ3n) is 4.81. The first-order valence-corrected chi connectivity index (χ1v) is 9.41. The van der Waals surface area contributed by atoms with Crippen LogP contribution in [0.4, 0.5) is 4.39 Å². The molecule has 1 heterocycles. The summed E-state index contributed by atoms with van der Waals surface area (Å²) >= 11 is 0. The van der Waals surface area contributed by atoms with Crippen LogP contribution in [0.1, 0.15) is 34.9 Å². The van der Waals surface area contributed by atoms with Gasteiger partial charge >= 0.3 is 0 Å². The lowest BCUT2D eigenvalue weighted by Gasteiger charge is -2.18. The number of rotatable bonds is 7. The molecule has 5 nitrogen and oxygen atoms in total. The monoisotopic (exact) mass is 379 g/mol. The molecule has 1 fully saturated rings. The number of ether oxygens (including phenoxy) is 1. The van der Waals surface area contributed by atoms with Crippen molar-refractivity contribution in [2.24, 2.45) is 0 Å². The summed E-state index contributed by atoms with van der Waals surface area (Å²) in [5.41, 5.74) is 2.35. The molecule has 1 saturated carbocycles. The van der Waals surface area contributed by atoms with E-state index in [-0.39, 0.29) is 18.3 Å². The van der Waals surface area contributed by atoms with Crippen molar-refractivity contribution in [3.05, 3.63) is 77.9 Å². The van der Waals surface area contributed by atoms with E-state index in [2.05, 4.69) is 5.10 Å². The largest absolute Gasteiger partial charge is 0.489 e. The summed E-state index contributed by atoms with van der Waals surface area (Å²) in [7, 11) is 1.71. The first kappa shape index (κ1) is 18.2. The van der Waals surface area contributed by atoms with Crippen molar-refractivity contribution < 1.29 is 13.9 Å². The van der Waals surface area contributed by atoms with Crippen LogP contribution >= 0.6 is 0 Å². The lowest BCUT2D eigenvalue weighted by atomic mass is 10.2. The number of amides is 1. The summed E-state index contributed by atoms with van der Waals surface area (Å²) in [4.78, 5) is 14.6. The Labute approximate surface area is 163 Å². The number of nitrogens with zero attached hydrogens (tertiary/aromatic N) is 3. The highest BCUT2D eigenvalue weighted by atomic mass is 19.1. The van der Waals surface area contributed by atoms with Crippen LogP contribution in [-0.2, 0) is 0 Å². The molecule has 4 rings (SSSR count). The number of para-hydroxylation sites is 2. The number of halogens is 1. The van der Waals surface area contributed by atoms with Crippen molar-refractivity contribution >= 4 is 5.91 Å². The summed E-state index contributed by atoms with van der Waals surface area (Å²) < 4.78 is 20.8. The van der Waals surface area contributed by atoms with E-state index in [1.54, 1.807) is 34.8 Å². The van der Waals surface area contributed by atoms with Gasteiger partial charge in [0.05, 0.1) is 17.9 Å². The summed E-state index contributed by atoms with van der Waals surface area (Å²) in [6, 6.07) is 17.8. The Morgan fingerprint density at radius 3 is 2.61 bits per heavy atom. The van der Waals surface area contributed by atoms with Gasteiger partial charge in [-0.1, -0.05) is 30.3 Å². The van der Waals surface area contributed by atoms with Gasteiger partial charge in [0, 0.05) is 13.0 Å². The summed E-state index contributed by atoms with van der Waals surface area (Å²) in [6.07, 6.45) is 2.23. The van der Waals surface area contributed by atoms with Gasteiger partial charge in [0.25, 0.3) is 5.91 Å². The standard InChI is InChI=1S/C22H22FN3O2/c1-25(13-14-28-21-10-6-5-9-18(21)23)22(27)20-15-19(16-11-12-16)24-26(20)17-7-3-2-4-8-17/h2-10,15-16H,11-14H2,1H3. The van der Waals surface area contributed by atoms with Crippen LogP contribution < -0.4 is 4.74 Å². The topological polar surface area (TPSA) is 47.4 Å². The molecule has 1 aliphatic rings. The lowest BCUT2D eigenvalue weighted by molar-refractivity contribution is 0.0764. The van der Waals surface area contributed by atoms with Crippen LogP contribution in [0, 0.1) is 5.82 Å². The molecule has 0 spiro atoms. The van der Waals surface area contributed by atoms with Crippen LogP contribution in [0.15, 0.2) is 60.7 Å². The zero-order valence-corrected chi connectivity index (χ0v) is 15.7. The molecule has 144 valence electrons. The highest BCUT2D eigenvalue weighted by Gasteiger charge is 2.29. The number of aromatic nitrogens is 2. The van der Waals surface area contributed by atoms with Gasteiger partial charge in [-0.15, -0.1) is 0 Å². The van der Waals surface area contributed by atoms with E-state index in [1.165, 1.54) is 6.07 Å². The Morgan fingerprint density at radius 2 is 1.89 bits per heavy atom. The normalized spacial score (nSPS) is 13.4. The first-order valence-electron chi connectivity index (χ1n) is 9.41. The molecule has 1 aliphatic carbocycles. The summed E-state index contributed by atoms with van der Waals surface area (Å²) in [5, 5.41) is 4.67. The molecule has 1 aromatic heterocycles. The molecule has 3 aromatic rings. The van der Waals surface area contributed by atoms with Gasteiger partial charge in [-0.2, -0.15) is 5.10 Å². The molecular formula is C22H22FN3O2. The highest BCUT2D eigenvalue weighted by molar-refractivity contribution is 5.93. The minimum atomic E-state index is -0.410. The van der Waals surface area contributed by atoms with Gasteiger partial charge in [0.2, 0.25) is 0 Å². The van der Waals surface area contributed by atoms with E-state index in [0.29, 0.717) is 18.2 Å². The SMILES string of the molecule is CN(CCOc1ccccc1F)C(=O)c1cc(C2CC2)nn1-c1ccccc1. The second-order valence-corrected chi connectivity index (χ2v) is 6.98. The van der Waals surface area contributed by atoms with Crippen molar-refractivity contribution in [3.8, 4) is 11.4 Å². The third-order valence-corrected chi connectivity index (χ3v) is 4.81. The molecule has 1 amide bonds.